The molecule has 3 atom stereocenters. The first-order chi connectivity index (χ1) is 9.63. The van der Waals surface area contributed by atoms with Gasteiger partial charge in [0.25, 0.3) is 0 Å². The Morgan fingerprint density at radius 1 is 1.30 bits per heavy atom. The van der Waals surface area contributed by atoms with Crippen LogP contribution in [0.1, 0.15) is 45.1 Å². The normalized spacial score (nSPS) is 26.5. The average molecular weight is 296 g/mol. The summed E-state index contributed by atoms with van der Waals surface area (Å²) in [6, 6.07) is 6.35. The monoisotopic (exact) mass is 295 g/mol. The van der Waals surface area contributed by atoms with Crippen LogP contribution in [0.15, 0.2) is 18.2 Å². The number of rotatable bonds is 5. The number of halogens is 1. The van der Waals surface area contributed by atoms with E-state index in [4.69, 9.17) is 16.3 Å². The molecule has 112 valence electrons. The van der Waals surface area contributed by atoms with Crippen molar-refractivity contribution in [2.75, 3.05) is 6.54 Å². The van der Waals surface area contributed by atoms with E-state index in [0.29, 0.717) is 6.04 Å². The number of hydrogen-bond donors (Lipinski definition) is 1. The van der Waals surface area contributed by atoms with E-state index in [9.17, 15) is 0 Å². The van der Waals surface area contributed by atoms with Crippen LogP contribution < -0.4 is 10.1 Å². The molecular weight excluding hydrogens is 270 g/mol. The van der Waals surface area contributed by atoms with Gasteiger partial charge in [0.15, 0.2) is 0 Å². The minimum absolute atomic E-state index is 0.255. The maximum absolute atomic E-state index is 6.32. The molecule has 0 bridgehead atoms. The average Bonchev–Trinajstić information content (AvgIpc) is 2.45. The Hall–Kier alpha value is -0.730. The lowest BCUT2D eigenvalue weighted by atomic mass is 9.82. The summed E-state index contributed by atoms with van der Waals surface area (Å²) < 4.78 is 6.32. The molecule has 2 rings (SSSR count). The SMILES string of the molecule is CCNC1CCC(CC)CC1Oc1cc(Cl)ccc1C. The summed E-state index contributed by atoms with van der Waals surface area (Å²) >= 11 is 6.09. The smallest absolute Gasteiger partial charge is 0.124 e. The Morgan fingerprint density at radius 3 is 2.80 bits per heavy atom. The fourth-order valence-corrected chi connectivity index (χ4v) is 3.23. The number of hydrogen-bond acceptors (Lipinski definition) is 2. The Balaban J connectivity index is 2.11. The van der Waals surface area contributed by atoms with Crippen LogP contribution in [0, 0.1) is 12.8 Å². The largest absolute Gasteiger partial charge is 0.488 e. The molecule has 0 amide bonds. The zero-order valence-corrected chi connectivity index (χ0v) is 13.5. The van der Waals surface area contributed by atoms with Crippen molar-refractivity contribution in [3.8, 4) is 5.75 Å². The minimum atomic E-state index is 0.255. The van der Waals surface area contributed by atoms with Crippen LogP contribution in [-0.4, -0.2) is 18.7 Å². The van der Waals surface area contributed by atoms with Gasteiger partial charge in [-0.15, -0.1) is 0 Å². The molecule has 0 heterocycles. The Bertz CT molecular complexity index is 435. The summed E-state index contributed by atoms with van der Waals surface area (Å²) in [5.41, 5.74) is 1.16. The summed E-state index contributed by atoms with van der Waals surface area (Å²) in [4.78, 5) is 0. The van der Waals surface area contributed by atoms with Crippen molar-refractivity contribution in [1.82, 2.24) is 5.32 Å². The van der Waals surface area contributed by atoms with Gasteiger partial charge in [-0.3, -0.25) is 0 Å². The van der Waals surface area contributed by atoms with Gasteiger partial charge in [-0.1, -0.05) is 37.9 Å². The summed E-state index contributed by atoms with van der Waals surface area (Å²) in [6.45, 7) is 7.51. The van der Waals surface area contributed by atoms with E-state index < -0.39 is 0 Å². The van der Waals surface area contributed by atoms with Gasteiger partial charge in [0.1, 0.15) is 11.9 Å². The van der Waals surface area contributed by atoms with E-state index in [1.807, 2.05) is 18.2 Å². The zero-order chi connectivity index (χ0) is 14.5. The van der Waals surface area contributed by atoms with E-state index >= 15 is 0 Å². The fourth-order valence-electron chi connectivity index (χ4n) is 3.07. The van der Waals surface area contributed by atoms with Crippen LogP contribution in [0.4, 0.5) is 0 Å². The molecule has 3 unspecified atom stereocenters. The molecular formula is C17H26ClNO. The molecule has 1 aromatic carbocycles. The predicted octanol–water partition coefficient (Wildman–Crippen LogP) is 4.58. The Kier molecular flexibility index (Phi) is 5.74. The minimum Gasteiger partial charge on any atom is -0.488 e. The molecule has 20 heavy (non-hydrogen) atoms. The fraction of sp³-hybridized carbons (Fsp3) is 0.647. The molecule has 0 radical (unpaired) electrons. The van der Waals surface area contributed by atoms with Crippen molar-refractivity contribution >= 4 is 11.6 Å². The lowest BCUT2D eigenvalue weighted by Crippen LogP contribution is -2.47. The van der Waals surface area contributed by atoms with Crippen molar-refractivity contribution in [2.24, 2.45) is 5.92 Å². The maximum atomic E-state index is 6.32. The third-order valence-electron chi connectivity index (χ3n) is 4.37. The molecule has 0 aliphatic heterocycles. The van der Waals surface area contributed by atoms with Gasteiger partial charge in [0, 0.05) is 11.1 Å². The lowest BCUT2D eigenvalue weighted by molar-refractivity contribution is 0.0850. The highest BCUT2D eigenvalue weighted by Gasteiger charge is 2.31. The number of benzene rings is 1. The summed E-state index contributed by atoms with van der Waals surface area (Å²) in [5, 5.41) is 4.32. The topological polar surface area (TPSA) is 21.3 Å². The van der Waals surface area contributed by atoms with E-state index in [0.717, 1.165) is 35.2 Å². The third kappa shape index (κ3) is 3.89. The van der Waals surface area contributed by atoms with Crippen LogP contribution in [0.5, 0.6) is 5.75 Å². The van der Waals surface area contributed by atoms with Crippen molar-refractivity contribution in [3.05, 3.63) is 28.8 Å². The van der Waals surface area contributed by atoms with Crippen LogP contribution in [0.3, 0.4) is 0 Å². The van der Waals surface area contributed by atoms with Crippen LogP contribution >= 0.6 is 11.6 Å². The number of aryl methyl sites for hydroxylation is 1. The van der Waals surface area contributed by atoms with Gasteiger partial charge in [-0.05, 0) is 56.3 Å². The Morgan fingerprint density at radius 2 is 2.10 bits per heavy atom. The second kappa shape index (κ2) is 7.33. The quantitative estimate of drug-likeness (QED) is 0.858. The standard InChI is InChI=1S/C17H26ClNO/c1-4-13-7-9-15(19-5-2)17(10-13)20-16-11-14(18)8-6-12(16)3/h6,8,11,13,15,17,19H,4-5,7,9-10H2,1-3H3. The second-order valence-electron chi connectivity index (χ2n) is 5.82. The van der Waals surface area contributed by atoms with Gasteiger partial charge in [-0.25, -0.2) is 0 Å². The van der Waals surface area contributed by atoms with E-state index in [1.165, 1.54) is 19.3 Å². The van der Waals surface area contributed by atoms with Crippen LogP contribution in [0.2, 0.25) is 5.02 Å². The molecule has 1 aromatic rings. The van der Waals surface area contributed by atoms with Crippen LogP contribution in [0.25, 0.3) is 0 Å². The number of ether oxygens (including phenoxy) is 1. The highest BCUT2D eigenvalue weighted by molar-refractivity contribution is 6.30. The molecule has 3 heteroatoms. The molecule has 1 aliphatic rings. The molecule has 2 nitrogen and oxygen atoms in total. The maximum Gasteiger partial charge on any atom is 0.124 e. The molecule has 1 aliphatic carbocycles. The first-order valence-electron chi connectivity index (χ1n) is 7.80. The van der Waals surface area contributed by atoms with Crippen molar-refractivity contribution in [3.63, 3.8) is 0 Å². The van der Waals surface area contributed by atoms with Gasteiger partial charge in [0.05, 0.1) is 0 Å². The highest BCUT2D eigenvalue weighted by Crippen LogP contribution is 2.32. The summed E-state index contributed by atoms with van der Waals surface area (Å²) in [5.74, 6) is 1.72. The third-order valence-corrected chi connectivity index (χ3v) is 4.61. The second-order valence-corrected chi connectivity index (χ2v) is 6.25. The first kappa shape index (κ1) is 15.7. The summed E-state index contributed by atoms with van der Waals surface area (Å²) in [7, 11) is 0. The van der Waals surface area contributed by atoms with E-state index in [1.54, 1.807) is 0 Å². The van der Waals surface area contributed by atoms with Crippen LogP contribution in [-0.2, 0) is 0 Å². The van der Waals surface area contributed by atoms with E-state index in [-0.39, 0.29) is 6.10 Å². The van der Waals surface area contributed by atoms with Gasteiger partial charge < -0.3 is 10.1 Å². The number of nitrogens with one attached hydrogen (secondary N) is 1. The predicted molar refractivity (Wildman–Crippen MR) is 85.7 cm³/mol. The van der Waals surface area contributed by atoms with E-state index in [2.05, 4.69) is 26.1 Å². The van der Waals surface area contributed by atoms with Gasteiger partial charge in [0.2, 0.25) is 0 Å². The molecule has 1 fully saturated rings. The van der Waals surface area contributed by atoms with Crippen molar-refractivity contribution in [1.29, 1.82) is 0 Å². The summed E-state index contributed by atoms with van der Waals surface area (Å²) in [6.07, 6.45) is 5.15. The highest BCUT2D eigenvalue weighted by atomic mass is 35.5. The molecule has 0 spiro atoms. The van der Waals surface area contributed by atoms with Gasteiger partial charge >= 0.3 is 0 Å². The number of likely N-dealkylation sites (N-methyl/N-ethyl adjacent to an activating group) is 1. The van der Waals surface area contributed by atoms with Crippen molar-refractivity contribution in [2.45, 2.75) is 58.6 Å². The Labute approximate surface area is 127 Å². The molecule has 0 aromatic heterocycles. The van der Waals surface area contributed by atoms with Crippen molar-refractivity contribution < 1.29 is 4.74 Å². The molecule has 1 saturated carbocycles. The molecule has 1 N–H and O–H groups in total. The van der Waals surface area contributed by atoms with Gasteiger partial charge in [-0.2, -0.15) is 0 Å². The first-order valence-corrected chi connectivity index (χ1v) is 8.18. The molecule has 0 saturated heterocycles. The zero-order valence-electron chi connectivity index (χ0n) is 12.8. The lowest BCUT2D eigenvalue weighted by Gasteiger charge is -2.36.